The summed E-state index contributed by atoms with van der Waals surface area (Å²) in [4.78, 5) is 57.7. The van der Waals surface area contributed by atoms with Crippen LogP contribution >= 0.6 is 0 Å². The van der Waals surface area contributed by atoms with Gasteiger partial charge in [0.25, 0.3) is 11.8 Å². The van der Waals surface area contributed by atoms with E-state index in [1.807, 2.05) is 18.2 Å². The van der Waals surface area contributed by atoms with E-state index in [1.165, 1.54) is 66.5 Å². The number of rotatable bonds is 5. The second kappa shape index (κ2) is 14.9. The van der Waals surface area contributed by atoms with Crippen LogP contribution in [0, 0.1) is 5.41 Å². The van der Waals surface area contributed by atoms with Crippen LogP contribution in [0.25, 0.3) is 0 Å². The summed E-state index contributed by atoms with van der Waals surface area (Å²) in [6.45, 7) is 4.71. The summed E-state index contributed by atoms with van der Waals surface area (Å²) in [5.41, 5.74) is 8.51. The Morgan fingerprint density at radius 2 is 1.41 bits per heavy atom. The minimum atomic E-state index is -0.976. The minimum Gasteiger partial charge on any atom is -0.508 e. The first kappa shape index (κ1) is 38.4. The number of phenols is 1. The number of benzene rings is 4. The Morgan fingerprint density at radius 1 is 0.689 bits per heavy atom. The number of aryl methyl sites for hydroxylation is 1. The standard InChI is InChI=1S/C51H54N4O6/c56-37-11-13-39-34(28-37)8-12-38(32-4-2-1-3-5-32)46(39)33-6-9-35(10-7-33)53-24-20-50(21-25-53)18-16-36(17-19-50)54-26-22-51(23-27-54)31-61-44-30-41-40(29-42(44)51)48(59)55(49(41)60)43-14-15-45(57)52-47(43)58/h1-7,9-11,13,28-30,36,38,43,46,56H,8,12,14-27,31H2,(H,52,57,58)/t38?,43?,46-/m0/s1. The average Bonchev–Trinajstić information content (AvgIpc) is 3.75. The number of nitrogens with zero attached hydrogens (tertiary/aromatic N) is 3. The lowest BCUT2D eigenvalue weighted by Gasteiger charge is -2.50. The molecule has 10 nitrogen and oxygen atoms in total. The predicted octanol–water partition coefficient (Wildman–Crippen LogP) is 7.61. The molecule has 10 heteroatoms. The highest BCUT2D eigenvalue weighted by Crippen LogP contribution is 2.51. The summed E-state index contributed by atoms with van der Waals surface area (Å²) in [5.74, 6) is -0.248. The third-order valence-electron chi connectivity index (χ3n) is 16.2. The molecule has 0 radical (unpaired) electrons. The number of carbonyl (C=O) groups is 4. The van der Waals surface area contributed by atoms with E-state index in [0.29, 0.717) is 41.0 Å². The lowest BCUT2D eigenvalue weighted by molar-refractivity contribution is -0.136. The highest BCUT2D eigenvalue weighted by Gasteiger charge is 2.50. The number of hydrogen-bond acceptors (Lipinski definition) is 8. The number of hydrogen-bond donors (Lipinski definition) is 2. The van der Waals surface area contributed by atoms with Gasteiger partial charge >= 0.3 is 0 Å². The van der Waals surface area contributed by atoms with Gasteiger partial charge in [-0.3, -0.25) is 29.4 Å². The molecule has 4 aromatic rings. The lowest BCUT2D eigenvalue weighted by Crippen LogP contribution is -2.54. The fourth-order valence-corrected chi connectivity index (χ4v) is 12.5. The van der Waals surface area contributed by atoms with Crippen LogP contribution < -0.4 is 15.0 Å². The van der Waals surface area contributed by atoms with E-state index in [9.17, 15) is 24.3 Å². The Morgan fingerprint density at radius 3 is 2.13 bits per heavy atom. The van der Waals surface area contributed by atoms with E-state index in [4.69, 9.17) is 4.74 Å². The van der Waals surface area contributed by atoms with Crippen molar-refractivity contribution in [2.45, 2.75) is 106 Å². The van der Waals surface area contributed by atoms with Crippen LogP contribution in [0.4, 0.5) is 5.69 Å². The number of aromatic hydroxyl groups is 1. The van der Waals surface area contributed by atoms with E-state index < -0.39 is 23.8 Å². The van der Waals surface area contributed by atoms with E-state index in [0.717, 1.165) is 62.3 Å². The Hall–Kier alpha value is -5.48. The van der Waals surface area contributed by atoms with Gasteiger partial charge in [0.2, 0.25) is 11.8 Å². The van der Waals surface area contributed by atoms with E-state index in [1.54, 1.807) is 6.07 Å². The Labute approximate surface area is 357 Å². The number of piperidine rings is 3. The Kier molecular flexibility index (Phi) is 9.36. The van der Waals surface area contributed by atoms with Gasteiger partial charge < -0.3 is 19.6 Å². The van der Waals surface area contributed by atoms with Crippen LogP contribution in [0.5, 0.6) is 11.5 Å². The van der Waals surface area contributed by atoms with Crippen molar-refractivity contribution >= 4 is 29.3 Å². The Bertz CT molecular complexity index is 2400. The zero-order chi connectivity index (χ0) is 41.5. The van der Waals surface area contributed by atoms with Crippen LogP contribution in [0.15, 0.2) is 84.9 Å². The number of ether oxygens (including phenoxy) is 1. The molecule has 0 bridgehead atoms. The number of nitrogens with one attached hydrogen (secondary N) is 1. The largest absolute Gasteiger partial charge is 0.508 e. The number of anilines is 1. The number of carbonyl (C=O) groups excluding carboxylic acids is 4. The van der Waals surface area contributed by atoms with Crippen LogP contribution in [-0.4, -0.2) is 83.4 Å². The topological polar surface area (TPSA) is 119 Å². The fourth-order valence-electron chi connectivity index (χ4n) is 12.5. The molecule has 4 amide bonds. The third-order valence-corrected chi connectivity index (χ3v) is 16.2. The molecular weight excluding hydrogens is 765 g/mol. The molecule has 1 saturated carbocycles. The molecule has 4 aromatic carbocycles. The molecule has 5 aliphatic heterocycles. The molecule has 61 heavy (non-hydrogen) atoms. The third kappa shape index (κ3) is 6.55. The lowest BCUT2D eigenvalue weighted by atomic mass is 9.66. The normalized spacial score (nSPS) is 25.9. The summed E-state index contributed by atoms with van der Waals surface area (Å²) in [5, 5.41) is 12.6. The molecule has 2 aliphatic carbocycles. The molecule has 0 aromatic heterocycles. The van der Waals surface area contributed by atoms with E-state index in [2.05, 4.69) is 75.8 Å². The average molecular weight is 819 g/mol. The molecule has 2 unspecified atom stereocenters. The molecule has 7 aliphatic rings. The van der Waals surface area contributed by atoms with Gasteiger partial charge in [0.1, 0.15) is 17.5 Å². The van der Waals surface area contributed by atoms with E-state index in [-0.39, 0.29) is 35.6 Å². The van der Waals surface area contributed by atoms with Gasteiger partial charge in [0.15, 0.2) is 0 Å². The van der Waals surface area contributed by atoms with Crippen LogP contribution in [-0.2, 0) is 21.4 Å². The number of amides is 4. The predicted molar refractivity (Wildman–Crippen MR) is 231 cm³/mol. The van der Waals surface area contributed by atoms with Gasteiger partial charge in [-0.1, -0.05) is 48.5 Å². The summed E-state index contributed by atoms with van der Waals surface area (Å²) in [7, 11) is 0. The van der Waals surface area contributed by atoms with Crippen molar-refractivity contribution in [2.24, 2.45) is 5.41 Å². The second-order valence-electron chi connectivity index (χ2n) is 19.2. The minimum absolute atomic E-state index is 0.0985. The first-order valence-electron chi connectivity index (χ1n) is 22.7. The van der Waals surface area contributed by atoms with Crippen LogP contribution in [0.2, 0.25) is 0 Å². The second-order valence-corrected chi connectivity index (χ2v) is 19.2. The van der Waals surface area contributed by atoms with Gasteiger partial charge in [0, 0.05) is 48.1 Å². The van der Waals surface area contributed by atoms with Gasteiger partial charge in [0.05, 0.1) is 17.7 Å². The van der Waals surface area contributed by atoms with Crippen molar-refractivity contribution < 1.29 is 29.0 Å². The SMILES string of the molecule is O=C1CCC(N2C(=O)c3cc4c(cc3C2=O)C2(CCN(C3CCC5(CC3)CCN(c3ccc([C@@H]6c7ccc(O)cc7CCC6c6ccccc6)cc3)CC5)CC2)CO4)C(=O)N1. The van der Waals surface area contributed by atoms with Crippen molar-refractivity contribution in [1.82, 2.24) is 15.1 Å². The molecular formula is C51H54N4O6. The number of imide groups is 2. The summed E-state index contributed by atoms with van der Waals surface area (Å²) < 4.78 is 6.25. The van der Waals surface area contributed by atoms with Crippen LogP contribution in [0.3, 0.4) is 0 Å². The van der Waals surface area contributed by atoms with Crippen molar-refractivity contribution in [1.29, 1.82) is 0 Å². The molecule has 11 rings (SSSR count). The fraction of sp³-hybridized carbons (Fsp3) is 0.451. The number of fused-ring (bicyclic) bond motifs is 4. The number of likely N-dealkylation sites (tertiary alicyclic amines) is 1. The van der Waals surface area contributed by atoms with E-state index >= 15 is 0 Å². The van der Waals surface area contributed by atoms with Gasteiger partial charge in [-0.15, -0.1) is 0 Å². The van der Waals surface area contributed by atoms with Crippen molar-refractivity contribution in [3.63, 3.8) is 0 Å². The Balaban J connectivity index is 0.705. The summed E-state index contributed by atoms with van der Waals surface area (Å²) >= 11 is 0. The zero-order valence-corrected chi connectivity index (χ0v) is 34.7. The quantitative estimate of drug-likeness (QED) is 0.198. The molecule has 2 N–H and O–H groups in total. The molecule has 5 heterocycles. The molecule has 3 saturated heterocycles. The van der Waals surface area contributed by atoms with Crippen LogP contribution in [0.1, 0.15) is 131 Å². The first-order chi connectivity index (χ1) is 29.7. The van der Waals surface area contributed by atoms with Crippen molar-refractivity contribution in [3.8, 4) is 11.5 Å². The maximum atomic E-state index is 13.6. The molecule has 4 fully saturated rings. The maximum Gasteiger partial charge on any atom is 0.262 e. The van der Waals surface area contributed by atoms with Gasteiger partial charge in [-0.05, 0) is 154 Å². The van der Waals surface area contributed by atoms with Gasteiger partial charge in [-0.25, -0.2) is 0 Å². The molecule has 2 spiro atoms. The first-order valence-corrected chi connectivity index (χ1v) is 22.7. The molecule has 3 atom stereocenters. The highest BCUT2D eigenvalue weighted by atomic mass is 16.5. The monoisotopic (exact) mass is 818 g/mol. The molecule has 314 valence electrons. The number of phenolic OH excluding ortho intramolecular Hbond substituents is 1. The summed E-state index contributed by atoms with van der Waals surface area (Å²) in [6.07, 6.45) is 11.7. The van der Waals surface area contributed by atoms with Crippen molar-refractivity contribution in [3.05, 3.63) is 124 Å². The maximum absolute atomic E-state index is 13.6. The van der Waals surface area contributed by atoms with Gasteiger partial charge in [-0.2, -0.15) is 0 Å². The highest BCUT2D eigenvalue weighted by molar-refractivity contribution is 6.23. The smallest absolute Gasteiger partial charge is 0.262 e. The zero-order valence-electron chi connectivity index (χ0n) is 34.7. The van der Waals surface area contributed by atoms with Crippen molar-refractivity contribution in [2.75, 3.05) is 37.7 Å². The summed E-state index contributed by atoms with van der Waals surface area (Å²) in [6, 6.07) is 29.5.